The molecule has 1 saturated heterocycles. The average molecular weight is 234 g/mol. The Hall–Kier alpha value is -1.42. The van der Waals surface area contributed by atoms with E-state index in [1.165, 1.54) is 12.7 Å². The first kappa shape index (κ1) is 12.0. The average Bonchev–Trinajstić information content (AvgIpc) is 2.40. The molecule has 1 fully saturated rings. The number of pyridine rings is 1. The Morgan fingerprint density at radius 3 is 2.94 bits per heavy atom. The van der Waals surface area contributed by atoms with Crippen LogP contribution < -0.4 is 0 Å². The predicted molar refractivity (Wildman–Crippen MR) is 64.3 cm³/mol. The molecule has 0 amide bonds. The fourth-order valence-corrected chi connectivity index (χ4v) is 2.31. The largest absolute Gasteiger partial charge is 0.468 e. The van der Waals surface area contributed by atoms with Crippen molar-refractivity contribution in [3.05, 3.63) is 30.1 Å². The summed E-state index contributed by atoms with van der Waals surface area (Å²) in [6.45, 7) is 1.75. The maximum Gasteiger partial charge on any atom is 0.323 e. The third-order valence-electron chi connectivity index (χ3n) is 3.22. The van der Waals surface area contributed by atoms with Crippen molar-refractivity contribution < 1.29 is 9.53 Å². The van der Waals surface area contributed by atoms with Crippen LogP contribution in [0.3, 0.4) is 0 Å². The second-order valence-electron chi connectivity index (χ2n) is 4.36. The van der Waals surface area contributed by atoms with Crippen LogP contribution in [0.2, 0.25) is 0 Å². The number of hydrogen-bond donors (Lipinski definition) is 0. The van der Waals surface area contributed by atoms with Gasteiger partial charge in [-0.25, -0.2) is 0 Å². The van der Waals surface area contributed by atoms with Crippen molar-refractivity contribution in [1.29, 1.82) is 0 Å². The number of carbonyl (C=O) groups excluding carboxylic acids is 1. The molecule has 17 heavy (non-hydrogen) atoms. The molecule has 4 heteroatoms. The third kappa shape index (κ3) is 3.03. The van der Waals surface area contributed by atoms with E-state index in [2.05, 4.69) is 9.88 Å². The fourth-order valence-electron chi connectivity index (χ4n) is 2.31. The highest BCUT2D eigenvalue weighted by molar-refractivity contribution is 5.75. The molecule has 1 aliphatic rings. The number of nitrogens with zero attached hydrogens (tertiary/aromatic N) is 2. The number of hydrogen-bond acceptors (Lipinski definition) is 4. The Morgan fingerprint density at radius 1 is 1.47 bits per heavy atom. The minimum atomic E-state index is -0.112. The van der Waals surface area contributed by atoms with E-state index < -0.39 is 0 Å². The van der Waals surface area contributed by atoms with Crippen molar-refractivity contribution in [3.8, 4) is 0 Å². The van der Waals surface area contributed by atoms with E-state index in [0.29, 0.717) is 0 Å². The van der Waals surface area contributed by atoms with Gasteiger partial charge in [-0.05, 0) is 37.1 Å². The van der Waals surface area contributed by atoms with Crippen molar-refractivity contribution in [2.45, 2.75) is 31.8 Å². The minimum Gasteiger partial charge on any atom is -0.468 e. The van der Waals surface area contributed by atoms with Gasteiger partial charge in [0.2, 0.25) is 0 Å². The number of carbonyl (C=O) groups is 1. The van der Waals surface area contributed by atoms with Crippen molar-refractivity contribution >= 4 is 5.97 Å². The molecule has 1 aliphatic heterocycles. The van der Waals surface area contributed by atoms with Gasteiger partial charge in [-0.1, -0.05) is 6.42 Å². The number of rotatable bonds is 3. The summed E-state index contributed by atoms with van der Waals surface area (Å²) >= 11 is 0. The van der Waals surface area contributed by atoms with Crippen LogP contribution in [0.15, 0.2) is 24.5 Å². The van der Waals surface area contributed by atoms with Crippen LogP contribution in [-0.2, 0) is 16.1 Å². The number of likely N-dealkylation sites (tertiary alicyclic amines) is 1. The Bertz CT molecular complexity index is 367. The molecule has 0 spiro atoms. The Morgan fingerprint density at radius 2 is 2.24 bits per heavy atom. The fraction of sp³-hybridized carbons (Fsp3) is 0.538. The van der Waals surface area contributed by atoms with Crippen molar-refractivity contribution in [3.63, 3.8) is 0 Å². The van der Waals surface area contributed by atoms with Crippen LogP contribution in [0.1, 0.15) is 24.8 Å². The van der Waals surface area contributed by atoms with E-state index >= 15 is 0 Å². The molecule has 1 unspecified atom stereocenters. The monoisotopic (exact) mass is 234 g/mol. The summed E-state index contributed by atoms with van der Waals surface area (Å²) in [6.07, 6.45) is 6.72. The first-order valence-corrected chi connectivity index (χ1v) is 6.02. The van der Waals surface area contributed by atoms with Gasteiger partial charge >= 0.3 is 5.97 Å². The SMILES string of the molecule is COC(=O)C1CCCCN1Cc1ccncc1. The molecule has 0 bridgehead atoms. The molecular formula is C13H18N2O2. The van der Waals surface area contributed by atoms with Crippen molar-refractivity contribution in [2.75, 3.05) is 13.7 Å². The molecule has 0 saturated carbocycles. The highest BCUT2D eigenvalue weighted by Gasteiger charge is 2.29. The van der Waals surface area contributed by atoms with Crippen LogP contribution in [0.4, 0.5) is 0 Å². The predicted octanol–water partition coefficient (Wildman–Crippen LogP) is 1.61. The molecule has 0 aromatic carbocycles. The maximum atomic E-state index is 11.7. The molecule has 1 aromatic heterocycles. The van der Waals surface area contributed by atoms with Gasteiger partial charge in [0, 0.05) is 18.9 Å². The van der Waals surface area contributed by atoms with Gasteiger partial charge in [0.1, 0.15) is 6.04 Å². The summed E-state index contributed by atoms with van der Waals surface area (Å²) in [5.74, 6) is -0.112. The van der Waals surface area contributed by atoms with Gasteiger partial charge < -0.3 is 4.74 Å². The molecular weight excluding hydrogens is 216 g/mol. The number of aromatic nitrogens is 1. The van der Waals surface area contributed by atoms with Gasteiger partial charge in [-0.15, -0.1) is 0 Å². The van der Waals surface area contributed by atoms with E-state index in [1.807, 2.05) is 12.1 Å². The lowest BCUT2D eigenvalue weighted by atomic mass is 10.0. The Labute approximate surface area is 102 Å². The van der Waals surface area contributed by atoms with Gasteiger partial charge in [0.15, 0.2) is 0 Å². The van der Waals surface area contributed by atoms with E-state index in [-0.39, 0.29) is 12.0 Å². The Kier molecular flexibility index (Phi) is 4.09. The van der Waals surface area contributed by atoms with E-state index in [4.69, 9.17) is 4.74 Å². The first-order chi connectivity index (χ1) is 8.31. The van der Waals surface area contributed by atoms with Gasteiger partial charge in [-0.2, -0.15) is 0 Å². The Balaban J connectivity index is 2.04. The van der Waals surface area contributed by atoms with Crippen LogP contribution in [0, 0.1) is 0 Å². The van der Waals surface area contributed by atoms with Crippen LogP contribution >= 0.6 is 0 Å². The second-order valence-corrected chi connectivity index (χ2v) is 4.36. The topological polar surface area (TPSA) is 42.4 Å². The van der Waals surface area contributed by atoms with Crippen LogP contribution in [0.25, 0.3) is 0 Å². The highest BCUT2D eigenvalue weighted by Crippen LogP contribution is 2.20. The number of piperidine rings is 1. The quantitative estimate of drug-likeness (QED) is 0.745. The summed E-state index contributed by atoms with van der Waals surface area (Å²) in [6, 6.07) is 3.90. The highest BCUT2D eigenvalue weighted by atomic mass is 16.5. The van der Waals surface area contributed by atoms with E-state index in [0.717, 1.165) is 32.4 Å². The number of ether oxygens (including phenoxy) is 1. The van der Waals surface area contributed by atoms with Gasteiger partial charge in [-0.3, -0.25) is 14.7 Å². The maximum absolute atomic E-state index is 11.7. The van der Waals surface area contributed by atoms with E-state index in [1.54, 1.807) is 12.4 Å². The molecule has 2 rings (SSSR count). The summed E-state index contributed by atoms with van der Waals surface area (Å²) in [7, 11) is 1.46. The third-order valence-corrected chi connectivity index (χ3v) is 3.22. The summed E-state index contributed by atoms with van der Waals surface area (Å²) in [5.41, 5.74) is 1.19. The lowest BCUT2D eigenvalue weighted by Crippen LogP contribution is -2.44. The van der Waals surface area contributed by atoms with Crippen molar-refractivity contribution in [2.24, 2.45) is 0 Å². The summed E-state index contributed by atoms with van der Waals surface area (Å²) in [5, 5.41) is 0. The molecule has 1 atom stereocenters. The normalized spacial score (nSPS) is 21.1. The van der Waals surface area contributed by atoms with Gasteiger partial charge in [0.25, 0.3) is 0 Å². The summed E-state index contributed by atoms with van der Waals surface area (Å²) in [4.78, 5) is 17.9. The van der Waals surface area contributed by atoms with E-state index in [9.17, 15) is 4.79 Å². The van der Waals surface area contributed by atoms with Crippen molar-refractivity contribution in [1.82, 2.24) is 9.88 Å². The zero-order valence-electron chi connectivity index (χ0n) is 10.1. The van der Waals surface area contributed by atoms with Gasteiger partial charge in [0.05, 0.1) is 7.11 Å². The molecule has 1 aromatic rings. The molecule has 0 N–H and O–H groups in total. The van der Waals surface area contributed by atoms with Crippen LogP contribution in [0.5, 0.6) is 0 Å². The molecule has 4 nitrogen and oxygen atoms in total. The molecule has 0 aliphatic carbocycles. The second kappa shape index (κ2) is 5.77. The minimum absolute atomic E-state index is 0.0816. The first-order valence-electron chi connectivity index (χ1n) is 6.02. The smallest absolute Gasteiger partial charge is 0.323 e. The molecule has 92 valence electrons. The number of esters is 1. The summed E-state index contributed by atoms with van der Waals surface area (Å²) < 4.78 is 4.86. The lowest BCUT2D eigenvalue weighted by molar-refractivity contribution is -0.148. The zero-order valence-corrected chi connectivity index (χ0v) is 10.1. The standard InChI is InChI=1S/C13H18N2O2/c1-17-13(16)12-4-2-3-9-15(12)10-11-5-7-14-8-6-11/h5-8,12H,2-4,9-10H2,1H3. The lowest BCUT2D eigenvalue weighted by Gasteiger charge is -2.33. The molecule has 2 heterocycles. The molecule has 0 radical (unpaired) electrons. The number of methoxy groups -OCH3 is 1. The van der Waals surface area contributed by atoms with Crippen LogP contribution in [-0.4, -0.2) is 35.5 Å². The zero-order chi connectivity index (χ0) is 12.1.